The molecule has 2 heterocycles. The van der Waals surface area contributed by atoms with E-state index in [0.717, 1.165) is 15.7 Å². The summed E-state index contributed by atoms with van der Waals surface area (Å²) in [6.07, 6.45) is 0. The minimum absolute atomic E-state index is 0.200. The van der Waals surface area contributed by atoms with Gasteiger partial charge >= 0.3 is 0 Å². The number of amides is 1. The third-order valence-corrected chi connectivity index (χ3v) is 4.69. The lowest BCUT2D eigenvalue weighted by molar-refractivity contribution is 0.0907. The van der Waals surface area contributed by atoms with Crippen LogP contribution in [-0.2, 0) is 12.1 Å². The predicted molar refractivity (Wildman–Crippen MR) is 77.3 cm³/mol. The quantitative estimate of drug-likeness (QED) is 0.904. The van der Waals surface area contributed by atoms with Crippen LogP contribution in [0.5, 0.6) is 0 Å². The molecule has 0 bridgehead atoms. The Morgan fingerprint density at radius 1 is 1.37 bits per heavy atom. The predicted octanol–water partition coefficient (Wildman–Crippen LogP) is 2.03. The fraction of sp³-hybridized carbons (Fsp3) is 0.417. The van der Waals surface area contributed by atoms with Gasteiger partial charge in [0.15, 0.2) is 0 Å². The Morgan fingerprint density at radius 2 is 2.11 bits per heavy atom. The van der Waals surface area contributed by atoms with Gasteiger partial charge in [-0.05, 0) is 20.8 Å². The minimum Gasteiger partial charge on any atom is -0.339 e. The van der Waals surface area contributed by atoms with Crippen molar-refractivity contribution < 1.29 is 4.79 Å². The normalized spacial score (nSPS) is 11.6. The molecule has 7 heteroatoms. The van der Waals surface area contributed by atoms with Crippen molar-refractivity contribution in [3.05, 3.63) is 32.2 Å². The van der Waals surface area contributed by atoms with E-state index in [1.807, 2.05) is 26.2 Å². The molecule has 0 spiro atoms. The Kier molecular flexibility index (Phi) is 3.98. The van der Waals surface area contributed by atoms with Gasteiger partial charge in [-0.15, -0.1) is 22.7 Å². The summed E-state index contributed by atoms with van der Waals surface area (Å²) in [7, 11) is 0. The number of aromatic nitrogens is 2. The molecule has 0 aliphatic heterocycles. The van der Waals surface area contributed by atoms with Crippen LogP contribution in [-0.4, -0.2) is 15.9 Å². The number of rotatable bonds is 4. The molecule has 0 aliphatic rings. The van der Waals surface area contributed by atoms with E-state index in [-0.39, 0.29) is 5.91 Å². The van der Waals surface area contributed by atoms with Crippen molar-refractivity contribution >= 4 is 28.6 Å². The van der Waals surface area contributed by atoms with Crippen LogP contribution < -0.4 is 11.1 Å². The van der Waals surface area contributed by atoms with Crippen molar-refractivity contribution in [2.45, 2.75) is 32.9 Å². The first-order valence-corrected chi connectivity index (χ1v) is 7.58. The zero-order valence-electron chi connectivity index (χ0n) is 11.1. The van der Waals surface area contributed by atoms with Crippen LogP contribution in [0.4, 0.5) is 0 Å². The fourth-order valence-electron chi connectivity index (χ4n) is 1.55. The highest BCUT2D eigenvalue weighted by Gasteiger charge is 2.27. The molecule has 0 unspecified atom stereocenters. The van der Waals surface area contributed by atoms with Gasteiger partial charge < -0.3 is 11.1 Å². The van der Waals surface area contributed by atoms with Gasteiger partial charge in [0.25, 0.3) is 5.91 Å². The second kappa shape index (κ2) is 5.36. The molecule has 102 valence electrons. The molecule has 2 aromatic rings. The lowest BCUT2D eigenvalue weighted by Gasteiger charge is -2.23. The molecule has 0 atom stereocenters. The van der Waals surface area contributed by atoms with Gasteiger partial charge in [-0.25, -0.2) is 9.97 Å². The molecule has 3 N–H and O–H groups in total. The lowest BCUT2D eigenvalue weighted by atomic mass is 10.1. The van der Waals surface area contributed by atoms with Gasteiger partial charge in [-0.3, -0.25) is 4.79 Å². The SMILES string of the molecule is Cc1csc(C(C)(C)NC(=O)c2csc(CN)n2)n1. The summed E-state index contributed by atoms with van der Waals surface area (Å²) in [6, 6.07) is 0. The van der Waals surface area contributed by atoms with E-state index in [0.29, 0.717) is 12.2 Å². The lowest BCUT2D eigenvalue weighted by Crippen LogP contribution is -2.41. The van der Waals surface area contributed by atoms with Crippen molar-refractivity contribution in [3.63, 3.8) is 0 Å². The van der Waals surface area contributed by atoms with Gasteiger partial charge in [-0.1, -0.05) is 0 Å². The van der Waals surface area contributed by atoms with Crippen LogP contribution in [0.25, 0.3) is 0 Å². The highest BCUT2D eigenvalue weighted by atomic mass is 32.1. The Hall–Kier alpha value is -1.31. The first kappa shape index (κ1) is 14.1. The molecule has 0 saturated heterocycles. The maximum Gasteiger partial charge on any atom is 0.271 e. The number of carbonyl (C=O) groups excluding carboxylic acids is 1. The summed E-state index contributed by atoms with van der Waals surface area (Å²) >= 11 is 2.93. The number of hydrogen-bond donors (Lipinski definition) is 2. The maximum atomic E-state index is 12.1. The molecule has 0 fully saturated rings. The van der Waals surface area contributed by atoms with E-state index < -0.39 is 5.54 Å². The molecular weight excluding hydrogens is 280 g/mol. The molecular formula is C12H16N4OS2. The van der Waals surface area contributed by atoms with Crippen LogP contribution >= 0.6 is 22.7 Å². The smallest absolute Gasteiger partial charge is 0.271 e. The minimum atomic E-state index is -0.511. The molecule has 19 heavy (non-hydrogen) atoms. The van der Waals surface area contributed by atoms with Gasteiger partial charge in [0.05, 0.1) is 5.54 Å². The molecule has 5 nitrogen and oxygen atoms in total. The average Bonchev–Trinajstić information content (AvgIpc) is 2.96. The van der Waals surface area contributed by atoms with E-state index in [9.17, 15) is 4.79 Å². The molecule has 0 aliphatic carbocycles. The van der Waals surface area contributed by atoms with Crippen LogP contribution in [0.2, 0.25) is 0 Å². The third kappa shape index (κ3) is 3.17. The highest BCUT2D eigenvalue weighted by Crippen LogP contribution is 2.24. The molecule has 2 rings (SSSR count). The second-order valence-corrected chi connectivity index (χ2v) is 6.50. The van der Waals surface area contributed by atoms with Crippen LogP contribution in [0.1, 0.15) is 40.0 Å². The van der Waals surface area contributed by atoms with Crippen LogP contribution in [0, 0.1) is 6.92 Å². The van der Waals surface area contributed by atoms with Gasteiger partial charge in [0, 0.05) is 23.0 Å². The maximum absolute atomic E-state index is 12.1. The number of nitrogens with two attached hydrogens (primary N) is 1. The van der Waals surface area contributed by atoms with Crippen LogP contribution in [0.15, 0.2) is 10.8 Å². The summed E-state index contributed by atoms with van der Waals surface area (Å²) in [5, 5.41) is 8.29. The van der Waals surface area contributed by atoms with E-state index in [1.54, 1.807) is 5.38 Å². The summed E-state index contributed by atoms with van der Waals surface area (Å²) < 4.78 is 0. The van der Waals surface area contributed by atoms with Gasteiger partial charge in [0.1, 0.15) is 15.7 Å². The Bertz CT molecular complexity index is 588. The Morgan fingerprint density at radius 3 is 2.63 bits per heavy atom. The molecule has 2 aromatic heterocycles. The molecule has 1 amide bonds. The number of thiazole rings is 2. The van der Waals surface area contributed by atoms with Crippen molar-refractivity contribution in [1.29, 1.82) is 0 Å². The van der Waals surface area contributed by atoms with Gasteiger partial charge in [0.2, 0.25) is 0 Å². The number of aryl methyl sites for hydroxylation is 1. The fourth-order valence-corrected chi connectivity index (χ4v) is 3.08. The molecule has 0 aromatic carbocycles. The summed E-state index contributed by atoms with van der Waals surface area (Å²) in [6.45, 7) is 6.15. The zero-order valence-corrected chi connectivity index (χ0v) is 12.7. The monoisotopic (exact) mass is 296 g/mol. The number of carbonyl (C=O) groups is 1. The van der Waals surface area contributed by atoms with Crippen molar-refractivity contribution in [2.75, 3.05) is 0 Å². The first-order chi connectivity index (χ1) is 8.92. The third-order valence-electron chi connectivity index (χ3n) is 2.54. The number of nitrogens with zero attached hydrogens (tertiary/aromatic N) is 2. The number of nitrogens with one attached hydrogen (secondary N) is 1. The largest absolute Gasteiger partial charge is 0.339 e. The van der Waals surface area contributed by atoms with Crippen LogP contribution in [0.3, 0.4) is 0 Å². The zero-order chi connectivity index (χ0) is 14.0. The molecule has 0 radical (unpaired) electrons. The van der Waals surface area contributed by atoms with Gasteiger partial charge in [-0.2, -0.15) is 0 Å². The van der Waals surface area contributed by atoms with Crippen molar-refractivity contribution in [3.8, 4) is 0 Å². The van der Waals surface area contributed by atoms with E-state index in [2.05, 4.69) is 15.3 Å². The number of hydrogen-bond acceptors (Lipinski definition) is 6. The van der Waals surface area contributed by atoms with E-state index in [1.165, 1.54) is 22.7 Å². The molecule has 0 saturated carbocycles. The van der Waals surface area contributed by atoms with E-state index >= 15 is 0 Å². The Balaban J connectivity index is 2.13. The average molecular weight is 296 g/mol. The highest BCUT2D eigenvalue weighted by molar-refractivity contribution is 7.10. The van der Waals surface area contributed by atoms with E-state index in [4.69, 9.17) is 5.73 Å². The van der Waals surface area contributed by atoms with Crippen molar-refractivity contribution in [1.82, 2.24) is 15.3 Å². The Labute approximate surface area is 119 Å². The standard InChI is InChI=1S/C12H16N4OS2/c1-7-5-19-11(14-7)12(2,3)16-10(17)8-6-18-9(4-13)15-8/h5-6H,4,13H2,1-3H3,(H,16,17). The second-order valence-electron chi connectivity index (χ2n) is 4.70. The summed E-state index contributed by atoms with van der Waals surface area (Å²) in [4.78, 5) is 20.7. The van der Waals surface area contributed by atoms with Crippen molar-refractivity contribution in [2.24, 2.45) is 5.73 Å². The topological polar surface area (TPSA) is 80.9 Å². The summed E-state index contributed by atoms with van der Waals surface area (Å²) in [5.74, 6) is -0.200. The summed E-state index contributed by atoms with van der Waals surface area (Å²) in [5.41, 5.74) is 6.35. The first-order valence-electron chi connectivity index (χ1n) is 5.82.